The van der Waals surface area contributed by atoms with Crippen LogP contribution in [0.25, 0.3) is 0 Å². The summed E-state index contributed by atoms with van der Waals surface area (Å²) in [6, 6.07) is 5.59. The molecule has 8 heteroatoms. The quantitative estimate of drug-likeness (QED) is 0.863. The number of halogens is 1. The topological polar surface area (TPSA) is 83.3 Å². The maximum atomic E-state index is 13.0. The third-order valence-electron chi connectivity index (χ3n) is 4.43. The maximum Gasteiger partial charge on any atom is 0.318 e. The van der Waals surface area contributed by atoms with E-state index in [2.05, 4.69) is 15.4 Å². The number of aliphatic hydroxyl groups is 1. The van der Waals surface area contributed by atoms with Gasteiger partial charge in [0.05, 0.1) is 12.6 Å². The molecule has 2 N–H and O–H groups in total. The molecule has 2 unspecified atom stereocenters. The number of carbonyl (C=O) groups is 1. The molecule has 3 rings (SSSR count). The molecule has 0 radical (unpaired) electrons. The van der Waals surface area contributed by atoms with Crippen LogP contribution in [0, 0.1) is 5.82 Å². The van der Waals surface area contributed by atoms with Gasteiger partial charge in [-0.15, -0.1) is 0 Å². The zero-order valence-electron chi connectivity index (χ0n) is 14.1. The first-order chi connectivity index (χ1) is 12.0. The molecule has 1 saturated heterocycles. The first kappa shape index (κ1) is 17.3. The first-order valence-electron chi connectivity index (χ1n) is 8.35. The number of amides is 2. The minimum Gasteiger partial charge on any atom is -0.388 e. The number of aryl methyl sites for hydroxylation is 1. The van der Waals surface area contributed by atoms with Crippen LogP contribution in [-0.4, -0.2) is 43.4 Å². The van der Waals surface area contributed by atoms with Crippen molar-refractivity contribution >= 4 is 6.03 Å². The Labute approximate surface area is 145 Å². The second-order valence-corrected chi connectivity index (χ2v) is 6.29. The van der Waals surface area contributed by atoms with Crippen molar-refractivity contribution in [3.63, 3.8) is 0 Å². The van der Waals surface area contributed by atoms with E-state index in [-0.39, 0.29) is 24.4 Å². The molecule has 7 nitrogen and oxygen atoms in total. The summed E-state index contributed by atoms with van der Waals surface area (Å²) in [6.45, 7) is 0.922. The Hall–Kier alpha value is -2.48. The van der Waals surface area contributed by atoms with E-state index in [9.17, 15) is 14.3 Å². The lowest BCUT2D eigenvalue weighted by Crippen LogP contribution is -2.43. The lowest BCUT2D eigenvalue weighted by molar-refractivity contribution is 0.126. The van der Waals surface area contributed by atoms with Gasteiger partial charge in [-0.2, -0.15) is 5.10 Å². The van der Waals surface area contributed by atoms with E-state index < -0.39 is 6.10 Å². The molecule has 0 spiro atoms. The summed E-state index contributed by atoms with van der Waals surface area (Å²) in [4.78, 5) is 18.2. The fourth-order valence-corrected chi connectivity index (χ4v) is 3.15. The predicted molar refractivity (Wildman–Crippen MR) is 88.9 cm³/mol. The summed E-state index contributed by atoms with van der Waals surface area (Å²) < 4.78 is 14.6. The molecule has 2 heterocycles. The van der Waals surface area contributed by atoms with E-state index in [1.54, 1.807) is 35.1 Å². The Bertz CT molecular complexity index is 718. The molecular formula is C17H22FN5O2. The Morgan fingerprint density at radius 2 is 2.20 bits per heavy atom. The van der Waals surface area contributed by atoms with Gasteiger partial charge >= 0.3 is 6.03 Å². The van der Waals surface area contributed by atoms with Gasteiger partial charge < -0.3 is 15.3 Å². The number of carbonyl (C=O) groups excluding carboxylic acids is 1. The zero-order chi connectivity index (χ0) is 17.8. The van der Waals surface area contributed by atoms with Crippen molar-refractivity contribution < 1.29 is 14.3 Å². The molecule has 2 atom stereocenters. The summed E-state index contributed by atoms with van der Waals surface area (Å²) in [5.74, 6) is 0.221. The van der Waals surface area contributed by atoms with Crippen LogP contribution < -0.4 is 5.32 Å². The van der Waals surface area contributed by atoms with Gasteiger partial charge in [-0.3, -0.25) is 4.68 Å². The zero-order valence-corrected chi connectivity index (χ0v) is 14.1. The molecule has 0 saturated carbocycles. The molecule has 134 valence electrons. The van der Waals surface area contributed by atoms with Crippen molar-refractivity contribution in [3.05, 3.63) is 47.8 Å². The second-order valence-electron chi connectivity index (χ2n) is 6.29. The van der Waals surface area contributed by atoms with Gasteiger partial charge in [-0.25, -0.2) is 14.2 Å². The van der Waals surface area contributed by atoms with Crippen LogP contribution >= 0.6 is 0 Å². The number of hydrogen-bond acceptors (Lipinski definition) is 4. The monoisotopic (exact) mass is 347 g/mol. The van der Waals surface area contributed by atoms with Gasteiger partial charge in [0.2, 0.25) is 0 Å². The Balaban J connectivity index is 1.55. The predicted octanol–water partition coefficient (Wildman–Crippen LogP) is 1.75. The Kier molecular flexibility index (Phi) is 5.28. The summed E-state index contributed by atoms with van der Waals surface area (Å²) in [5.41, 5.74) is 0.659. The Morgan fingerprint density at radius 3 is 2.88 bits per heavy atom. The lowest BCUT2D eigenvalue weighted by Gasteiger charge is -2.26. The molecule has 0 aliphatic carbocycles. The fraction of sp³-hybridized carbons (Fsp3) is 0.471. The van der Waals surface area contributed by atoms with Crippen LogP contribution in [0.1, 0.15) is 36.8 Å². The van der Waals surface area contributed by atoms with Crippen molar-refractivity contribution in [2.75, 3.05) is 6.54 Å². The lowest BCUT2D eigenvalue weighted by atomic mass is 10.0. The van der Waals surface area contributed by atoms with Crippen LogP contribution in [0.3, 0.4) is 0 Å². The fourth-order valence-electron chi connectivity index (χ4n) is 3.15. The highest BCUT2D eigenvalue weighted by molar-refractivity contribution is 5.74. The van der Waals surface area contributed by atoms with E-state index in [0.717, 1.165) is 12.8 Å². The molecule has 1 fully saturated rings. The highest BCUT2D eigenvalue weighted by Crippen LogP contribution is 2.27. The molecule has 1 aliphatic rings. The third-order valence-corrected chi connectivity index (χ3v) is 4.43. The molecule has 25 heavy (non-hydrogen) atoms. The van der Waals surface area contributed by atoms with Gasteiger partial charge in [0.25, 0.3) is 0 Å². The molecule has 2 amide bonds. The van der Waals surface area contributed by atoms with Crippen LogP contribution in [0.5, 0.6) is 0 Å². The van der Waals surface area contributed by atoms with Crippen molar-refractivity contribution in [2.24, 2.45) is 7.05 Å². The van der Waals surface area contributed by atoms with Gasteiger partial charge in [0, 0.05) is 19.6 Å². The highest BCUT2D eigenvalue weighted by Gasteiger charge is 2.30. The van der Waals surface area contributed by atoms with Crippen LogP contribution in [0.4, 0.5) is 9.18 Å². The molecule has 1 aliphatic heterocycles. The first-order valence-corrected chi connectivity index (χ1v) is 8.35. The van der Waals surface area contributed by atoms with Crippen LogP contribution in [0.2, 0.25) is 0 Å². The van der Waals surface area contributed by atoms with Crippen molar-refractivity contribution in [1.82, 2.24) is 25.0 Å². The summed E-state index contributed by atoms with van der Waals surface area (Å²) in [7, 11) is 1.77. The van der Waals surface area contributed by atoms with Gasteiger partial charge in [-0.1, -0.05) is 12.1 Å². The van der Waals surface area contributed by atoms with E-state index in [0.29, 0.717) is 24.4 Å². The number of urea groups is 1. The highest BCUT2D eigenvalue weighted by atomic mass is 19.1. The van der Waals surface area contributed by atoms with Gasteiger partial charge in [-0.05, 0) is 37.0 Å². The van der Waals surface area contributed by atoms with Crippen LogP contribution in [-0.2, 0) is 13.6 Å². The number of benzene rings is 1. The average Bonchev–Trinajstić information content (AvgIpc) is 3.22. The molecule has 2 aromatic rings. The Morgan fingerprint density at radius 1 is 1.44 bits per heavy atom. The number of aromatic nitrogens is 3. The molecule has 1 aromatic heterocycles. The minimum atomic E-state index is -0.726. The van der Waals surface area contributed by atoms with E-state index in [1.165, 1.54) is 12.1 Å². The molecule has 0 bridgehead atoms. The number of hydrogen-bond donors (Lipinski definition) is 2. The van der Waals surface area contributed by atoms with Crippen LogP contribution in [0.15, 0.2) is 30.6 Å². The summed E-state index contributed by atoms with van der Waals surface area (Å²) in [6.07, 6.45) is 3.03. The maximum absolute atomic E-state index is 13.0. The third kappa shape index (κ3) is 4.33. The largest absolute Gasteiger partial charge is 0.388 e. The molecule has 1 aromatic carbocycles. The van der Waals surface area contributed by atoms with E-state index in [4.69, 9.17) is 0 Å². The average molecular weight is 347 g/mol. The van der Waals surface area contributed by atoms with E-state index >= 15 is 0 Å². The second kappa shape index (κ2) is 7.60. The van der Waals surface area contributed by atoms with Crippen molar-refractivity contribution in [2.45, 2.75) is 38.0 Å². The number of rotatable bonds is 5. The summed E-state index contributed by atoms with van der Waals surface area (Å²) in [5, 5.41) is 17.3. The smallest absolute Gasteiger partial charge is 0.318 e. The SMILES string of the molecule is Cn1cnc(CNC(=O)N2CCCC2CC(O)c2ccc(F)cc2)n1. The minimum absolute atomic E-state index is 0.0447. The molecular weight excluding hydrogens is 325 g/mol. The normalized spacial score (nSPS) is 18.4. The van der Waals surface area contributed by atoms with Gasteiger partial charge in [0.1, 0.15) is 12.1 Å². The van der Waals surface area contributed by atoms with Crippen molar-refractivity contribution in [1.29, 1.82) is 0 Å². The van der Waals surface area contributed by atoms with E-state index in [1.807, 2.05) is 0 Å². The van der Waals surface area contributed by atoms with Gasteiger partial charge in [0.15, 0.2) is 5.82 Å². The summed E-state index contributed by atoms with van der Waals surface area (Å²) >= 11 is 0. The number of nitrogens with one attached hydrogen (secondary N) is 1. The number of likely N-dealkylation sites (tertiary alicyclic amines) is 1. The number of nitrogens with zero attached hydrogens (tertiary/aromatic N) is 4. The number of aliphatic hydroxyl groups excluding tert-OH is 1. The standard InChI is InChI=1S/C17H22FN5O2/c1-22-11-20-16(21-22)10-19-17(25)23-8-2-3-14(23)9-15(24)12-4-6-13(18)7-5-12/h4-7,11,14-15,24H,2-3,8-10H2,1H3,(H,19,25). The van der Waals surface area contributed by atoms with Crippen molar-refractivity contribution in [3.8, 4) is 0 Å².